The van der Waals surface area contributed by atoms with Gasteiger partial charge in [-0.2, -0.15) is 0 Å². The van der Waals surface area contributed by atoms with Gasteiger partial charge in [0.25, 0.3) is 0 Å². The van der Waals surface area contributed by atoms with Gasteiger partial charge in [-0.1, -0.05) is 30.4 Å². The van der Waals surface area contributed by atoms with Gasteiger partial charge in [0.1, 0.15) is 5.76 Å². The van der Waals surface area contributed by atoms with E-state index in [1.54, 1.807) is 19.6 Å². The Hall–Kier alpha value is -3.38. The summed E-state index contributed by atoms with van der Waals surface area (Å²) in [7, 11) is 3.80. The van der Waals surface area contributed by atoms with E-state index in [1.165, 1.54) is 5.57 Å². The molecule has 2 heterocycles. The quantitative estimate of drug-likeness (QED) is 0.541. The molecule has 3 aromatic rings. The second-order valence-corrected chi connectivity index (χ2v) is 7.66. The van der Waals surface area contributed by atoms with Crippen molar-refractivity contribution >= 4 is 11.6 Å². The molecule has 2 unspecified atom stereocenters. The minimum atomic E-state index is 0.127. The number of nitrogens with zero attached hydrogens (tertiary/aromatic N) is 3. The van der Waals surface area contributed by atoms with Crippen molar-refractivity contribution in [3.8, 4) is 11.3 Å². The minimum absolute atomic E-state index is 0.127. The van der Waals surface area contributed by atoms with Crippen LogP contribution in [0.25, 0.3) is 11.3 Å². The lowest BCUT2D eigenvalue weighted by Gasteiger charge is -2.26. The Morgan fingerprint density at radius 3 is 2.97 bits per heavy atom. The number of anilines is 2. The van der Waals surface area contributed by atoms with Crippen LogP contribution in [0, 0.1) is 0 Å². The van der Waals surface area contributed by atoms with Gasteiger partial charge in [0.05, 0.1) is 24.1 Å². The molecule has 0 fully saturated rings. The van der Waals surface area contributed by atoms with Gasteiger partial charge < -0.3 is 19.4 Å². The van der Waals surface area contributed by atoms with Gasteiger partial charge in [-0.15, -0.1) is 0 Å². The summed E-state index contributed by atoms with van der Waals surface area (Å²) in [5.74, 6) is 1.55. The molecule has 0 aliphatic heterocycles. The number of hydrogen-bond donors (Lipinski definition) is 1. The smallest absolute Gasteiger partial charge is 0.223 e. The van der Waals surface area contributed by atoms with Gasteiger partial charge in [-0.05, 0) is 42.8 Å². The van der Waals surface area contributed by atoms with Crippen molar-refractivity contribution in [2.45, 2.75) is 25.5 Å². The summed E-state index contributed by atoms with van der Waals surface area (Å²) < 4.78 is 11.0. The lowest BCUT2D eigenvalue weighted by Crippen LogP contribution is -2.21. The van der Waals surface area contributed by atoms with E-state index in [0.29, 0.717) is 12.5 Å². The molecule has 1 aromatic carbocycles. The van der Waals surface area contributed by atoms with Gasteiger partial charge in [0.15, 0.2) is 0 Å². The maximum atomic E-state index is 5.57. The first kappa shape index (κ1) is 20.9. The first-order chi connectivity index (χ1) is 15.1. The molecule has 0 spiro atoms. The van der Waals surface area contributed by atoms with Crippen LogP contribution in [0.2, 0.25) is 0 Å². The van der Waals surface area contributed by atoms with E-state index in [0.717, 1.165) is 29.1 Å². The van der Waals surface area contributed by atoms with E-state index < -0.39 is 0 Å². The molecular weight excluding hydrogens is 388 g/mol. The predicted octanol–water partition coefficient (Wildman–Crippen LogP) is 5.25. The highest BCUT2D eigenvalue weighted by Gasteiger charge is 2.16. The Labute approximate surface area is 183 Å². The topological polar surface area (TPSA) is 63.4 Å². The summed E-state index contributed by atoms with van der Waals surface area (Å²) >= 11 is 0. The molecule has 1 aliphatic carbocycles. The van der Waals surface area contributed by atoms with Crippen molar-refractivity contribution in [3.63, 3.8) is 0 Å². The molecule has 0 radical (unpaired) electrons. The Balaban J connectivity index is 1.47. The molecule has 0 bridgehead atoms. The van der Waals surface area contributed by atoms with E-state index in [-0.39, 0.29) is 12.1 Å². The van der Waals surface area contributed by atoms with Crippen LogP contribution >= 0.6 is 0 Å². The highest BCUT2D eigenvalue weighted by atomic mass is 16.5. The van der Waals surface area contributed by atoms with Gasteiger partial charge in [-0.3, -0.25) is 0 Å². The number of allylic oxidation sites excluding steroid dienone is 2. The largest absolute Gasteiger partial charge is 0.467 e. The number of aromatic nitrogens is 2. The first-order valence-electron chi connectivity index (χ1n) is 10.5. The fourth-order valence-corrected chi connectivity index (χ4v) is 3.63. The molecule has 6 nitrogen and oxygen atoms in total. The summed E-state index contributed by atoms with van der Waals surface area (Å²) in [6.45, 7) is 2.82. The third-order valence-electron chi connectivity index (χ3n) is 5.64. The molecular formula is C25H28N4O2. The molecule has 31 heavy (non-hydrogen) atoms. The molecule has 6 heteroatoms. The fourth-order valence-electron chi connectivity index (χ4n) is 3.63. The number of nitrogens with one attached hydrogen (secondary N) is 1. The van der Waals surface area contributed by atoms with Gasteiger partial charge in [-0.25, -0.2) is 9.97 Å². The molecule has 0 amide bonds. The summed E-state index contributed by atoms with van der Waals surface area (Å²) in [5, 5.41) is 3.34. The zero-order valence-corrected chi connectivity index (χ0v) is 18.2. The van der Waals surface area contributed by atoms with Crippen LogP contribution in [-0.2, 0) is 4.74 Å². The number of benzene rings is 1. The van der Waals surface area contributed by atoms with Crippen LogP contribution < -0.4 is 10.2 Å². The molecule has 2 atom stereocenters. The average Bonchev–Trinajstić information content (AvgIpc) is 3.37. The number of methoxy groups -OCH3 is 1. The van der Waals surface area contributed by atoms with Crippen LogP contribution in [0.15, 0.2) is 83.1 Å². The maximum Gasteiger partial charge on any atom is 0.223 e. The monoisotopic (exact) mass is 416 g/mol. The molecule has 1 aliphatic rings. The average molecular weight is 417 g/mol. The van der Waals surface area contributed by atoms with Crippen LogP contribution in [0.4, 0.5) is 11.6 Å². The molecule has 160 valence electrons. The van der Waals surface area contributed by atoms with E-state index in [1.807, 2.05) is 24.3 Å². The lowest BCUT2D eigenvalue weighted by atomic mass is 10.0. The number of ether oxygens (including phenoxy) is 1. The van der Waals surface area contributed by atoms with E-state index in [2.05, 4.69) is 65.6 Å². The van der Waals surface area contributed by atoms with Gasteiger partial charge >= 0.3 is 0 Å². The molecule has 0 saturated heterocycles. The van der Waals surface area contributed by atoms with Crippen LogP contribution in [0.5, 0.6) is 0 Å². The molecule has 2 aromatic heterocycles. The van der Waals surface area contributed by atoms with Crippen molar-refractivity contribution in [2.75, 3.05) is 30.9 Å². The normalized spacial score (nSPS) is 16.6. The molecule has 1 N–H and O–H groups in total. The number of rotatable bonds is 8. The second-order valence-electron chi connectivity index (χ2n) is 7.66. The zero-order valence-electron chi connectivity index (χ0n) is 18.2. The Kier molecular flexibility index (Phi) is 6.48. The molecule has 0 saturated carbocycles. The summed E-state index contributed by atoms with van der Waals surface area (Å²) in [5.41, 5.74) is 4.28. The number of furan rings is 1. The fraction of sp³-hybridized carbons (Fsp3) is 0.280. The van der Waals surface area contributed by atoms with Crippen molar-refractivity contribution in [2.24, 2.45) is 0 Å². The van der Waals surface area contributed by atoms with E-state index in [4.69, 9.17) is 14.1 Å². The number of hydrogen-bond acceptors (Lipinski definition) is 6. The zero-order chi connectivity index (χ0) is 21.6. The van der Waals surface area contributed by atoms with Gasteiger partial charge in [0, 0.05) is 44.6 Å². The Bertz CT molecular complexity index is 1060. The van der Waals surface area contributed by atoms with Crippen molar-refractivity contribution < 1.29 is 9.15 Å². The highest BCUT2D eigenvalue weighted by Crippen LogP contribution is 2.29. The van der Waals surface area contributed by atoms with Crippen molar-refractivity contribution in [1.29, 1.82) is 0 Å². The Morgan fingerprint density at radius 2 is 2.16 bits per heavy atom. The summed E-state index contributed by atoms with van der Waals surface area (Å²) in [6, 6.07) is 14.3. The third-order valence-corrected chi connectivity index (χ3v) is 5.64. The Morgan fingerprint density at radius 1 is 1.26 bits per heavy atom. The highest BCUT2D eigenvalue weighted by molar-refractivity contribution is 5.66. The van der Waals surface area contributed by atoms with Crippen molar-refractivity contribution in [3.05, 3.63) is 84.5 Å². The van der Waals surface area contributed by atoms with E-state index in [9.17, 15) is 0 Å². The standard InChI is InChI=1S/C25H28N4O2/c1-18(24-11-6-14-31-24)29(2)21-9-5-8-20(16-21)23-12-13-26-25(28-23)27-17-19-7-4-10-22(15-19)30-3/h4-14,16,18,22H,15,17H2,1-3H3,(H,26,27,28). The maximum absolute atomic E-state index is 5.57. The first-order valence-corrected chi connectivity index (χ1v) is 10.5. The summed E-state index contributed by atoms with van der Waals surface area (Å²) in [4.78, 5) is 11.3. The van der Waals surface area contributed by atoms with Crippen LogP contribution in [0.1, 0.15) is 25.1 Å². The second kappa shape index (κ2) is 9.62. The van der Waals surface area contributed by atoms with E-state index >= 15 is 0 Å². The van der Waals surface area contributed by atoms with Crippen molar-refractivity contribution in [1.82, 2.24) is 9.97 Å². The van der Waals surface area contributed by atoms with Crippen LogP contribution in [-0.4, -0.2) is 36.8 Å². The summed E-state index contributed by atoms with van der Waals surface area (Å²) in [6.07, 6.45) is 10.7. The SMILES string of the molecule is COC1C=CC=C(CNc2nccc(-c3cccc(N(C)C(C)c4ccco4)c3)n2)C1. The lowest BCUT2D eigenvalue weighted by molar-refractivity contribution is 0.140. The predicted molar refractivity (Wildman–Crippen MR) is 124 cm³/mol. The minimum Gasteiger partial charge on any atom is -0.467 e. The van der Waals surface area contributed by atoms with Gasteiger partial charge in [0.2, 0.25) is 5.95 Å². The van der Waals surface area contributed by atoms with Crippen LogP contribution in [0.3, 0.4) is 0 Å². The third kappa shape index (κ3) is 5.03. The molecule has 4 rings (SSSR count).